The van der Waals surface area contributed by atoms with E-state index >= 15 is 0 Å². The van der Waals surface area contributed by atoms with E-state index in [1.807, 2.05) is 12.1 Å². The van der Waals surface area contributed by atoms with Gasteiger partial charge < -0.3 is 0 Å². The van der Waals surface area contributed by atoms with E-state index in [0.717, 1.165) is 17.8 Å². The maximum Gasteiger partial charge on any atom is 0.123 e. The molecule has 2 fully saturated rings. The molecule has 0 radical (unpaired) electrons. The second kappa shape index (κ2) is 5.95. The summed E-state index contributed by atoms with van der Waals surface area (Å²) in [6, 6.07) is 7.02. The Bertz CT molecular complexity index is 414. The van der Waals surface area contributed by atoms with E-state index in [1.165, 1.54) is 50.5 Å². The van der Waals surface area contributed by atoms with Gasteiger partial charge >= 0.3 is 0 Å². The van der Waals surface area contributed by atoms with Crippen molar-refractivity contribution < 1.29 is 4.39 Å². The van der Waals surface area contributed by atoms with Gasteiger partial charge in [-0.1, -0.05) is 53.7 Å². The molecule has 2 aliphatic carbocycles. The molecule has 0 heterocycles. The van der Waals surface area contributed by atoms with Crippen LogP contribution in [0.4, 0.5) is 4.39 Å². The van der Waals surface area contributed by atoms with Crippen molar-refractivity contribution >= 4 is 15.9 Å². The fraction of sp³-hybridized carbons (Fsp3) is 0.647. The highest BCUT2D eigenvalue weighted by molar-refractivity contribution is 9.09. The van der Waals surface area contributed by atoms with Gasteiger partial charge in [-0.25, -0.2) is 4.39 Å². The van der Waals surface area contributed by atoms with Crippen LogP contribution in [0.15, 0.2) is 24.3 Å². The lowest BCUT2D eigenvalue weighted by atomic mass is 9.66. The van der Waals surface area contributed by atoms with Crippen molar-refractivity contribution in [3.8, 4) is 0 Å². The van der Waals surface area contributed by atoms with Crippen LogP contribution in [0.3, 0.4) is 0 Å². The van der Waals surface area contributed by atoms with Gasteiger partial charge in [0, 0.05) is 4.83 Å². The third kappa shape index (κ3) is 3.04. The van der Waals surface area contributed by atoms with Crippen molar-refractivity contribution in [1.82, 2.24) is 0 Å². The Morgan fingerprint density at radius 1 is 0.947 bits per heavy atom. The number of fused-ring (bicyclic) bond motifs is 1. The number of hydrogen-bond acceptors (Lipinski definition) is 0. The van der Waals surface area contributed by atoms with Crippen LogP contribution < -0.4 is 0 Å². The maximum atomic E-state index is 13.0. The minimum absolute atomic E-state index is 0.139. The van der Waals surface area contributed by atoms with E-state index in [2.05, 4.69) is 15.9 Å². The number of hydrogen-bond donors (Lipinski definition) is 0. The zero-order chi connectivity index (χ0) is 13.2. The van der Waals surface area contributed by atoms with Crippen molar-refractivity contribution in [1.29, 1.82) is 0 Å². The summed E-state index contributed by atoms with van der Waals surface area (Å²) in [6.07, 6.45) is 9.86. The molecule has 4 unspecified atom stereocenters. The summed E-state index contributed by atoms with van der Waals surface area (Å²) in [5.74, 6) is 2.54. The van der Waals surface area contributed by atoms with E-state index in [4.69, 9.17) is 0 Å². The van der Waals surface area contributed by atoms with Crippen LogP contribution in [0.5, 0.6) is 0 Å². The molecule has 0 N–H and O–H groups in total. The molecule has 4 atom stereocenters. The molecule has 0 saturated heterocycles. The summed E-state index contributed by atoms with van der Waals surface area (Å²) in [4.78, 5) is 0.399. The Labute approximate surface area is 123 Å². The molecule has 104 valence electrons. The Morgan fingerprint density at radius 3 is 2.37 bits per heavy atom. The van der Waals surface area contributed by atoms with Gasteiger partial charge in [0.25, 0.3) is 0 Å². The quantitative estimate of drug-likeness (QED) is 0.597. The van der Waals surface area contributed by atoms with E-state index in [1.54, 1.807) is 12.1 Å². The lowest BCUT2D eigenvalue weighted by molar-refractivity contribution is 0.129. The van der Waals surface area contributed by atoms with Gasteiger partial charge in [0.15, 0.2) is 0 Å². The average Bonchev–Trinajstić information content (AvgIpc) is 2.47. The van der Waals surface area contributed by atoms with Gasteiger partial charge in [-0.05, 0) is 54.7 Å². The molecule has 2 saturated carbocycles. The maximum absolute atomic E-state index is 13.0. The van der Waals surface area contributed by atoms with Gasteiger partial charge in [-0.3, -0.25) is 0 Å². The first-order valence-corrected chi connectivity index (χ1v) is 8.55. The minimum Gasteiger partial charge on any atom is -0.207 e. The van der Waals surface area contributed by atoms with E-state index in [0.29, 0.717) is 4.83 Å². The van der Waals surface area contributed by atoms with Crippen molar-refractivity contribution in [2.45, 2.75) is 49.8 Å². The number of rotatable bonds is 2. The first-order valence-electron chi connectivity index (χ1n) is 7.63. The zero-order valence-electron chi connectivity index (χ0n) is 11.3. The Hall–Kier alpha value is -0.370. The molecule has 0 spiro atoms. The second-order valence-corrected chi connectivity index (χ2v) is 7.32. The van der Waals surface area contributed by atoms with Crippen molar-refractivity contribution in [2.24, 2.45) is 17.8 Å². The van der Waals surface area contributed by atoms with E-state index < -0.39 is 0 Å². The van der Waals surface area contributed by atoms with Crippen molar-refractivity contribution in [3.05, 3.63) is 35.6 Å². The molecule has 2 aliphatic rings. The van der Waals surface area contributed by atoms with Gasteiger partial charge in [0.1, 0.15) is 5.82 Å². The van der Waals surface area contributed by atoms with E-state index in [9.17, 15) is 4.39 Å². The van der Waals surface area contributed by atoms with E-state index in [-0.39, 0.29) is 5.82 Å². The standard InChI is InChI=1S/C17H22BrF/c18-17(13-7-9-16(19)10-8-13)15-6-5-12-3-1-2-4-14(12)11-15/h7-10,12,14-15,17H,1-6,11H2. The number of halogens is 2. The minimum atomic E-state index is -0.139. The monoisotopic (exact) mass is 324 g/mol. The Balaban J connectivity index is 1.67. The SMILES string of the molecule is Fc1ccc(C(Br)C2CCC3CCCCC3C2)cc1. The molecule has 0 aliphatic heterocycles. The fourth-order valence-electron chi connectivity index (χ4n) is 4.09. The summed E-state index contributed by atoms with van der Waals surface area (Å²) in [5, 5.41) is 0. The summed E-state index contributed by atoms with van der Waals surface area (Å²) in [7, 11) is 0. The molecular formula is C17H22BrF. The highest BCUT2D eigenvalue weighted by atomic mass is 79.9. The van der Waals surface area contributed by atoms with Gasteiger partial charge in [0.2, 0.25) is 0 Å². The first kappa shape index (κ1) is 13.6. The second-order valence-electron chi connectivity index (χ2n) is 6.33. The molecule has 0 aromatic heterocycles. The topological polar surface area (TPSA) is 0 Å². The van der Waals surface area contributed by atoms with Gasteiger partial charge in [0.05, 0.1) is 0 Å². The molecule has 0 bridgehead atoms. The summed E-state index contributed by atoms with van der Waals surface area (Å²) in [6.45, 7) is 0. The Kier molecular flexibility index (Phi) is 4.26. The van der Waals surface area contributed by atoms with Crippen LogP contribution in [-0.4, -0.2) is 0 Å². The van der Waals surface area contributed by atoms with Crippen LogP contribution in [0.1, 0.15) is 55.3 Å². The molecule has 2 heteroatoms. The predicted molar refractivity (Wildman–Crippen MR) is 80.9 cm³/mol. The third-order valence-electron chi connectivity index (χ3n) is 5.18. The number of benzene rings is 1. The number of alkyl halides is 1. The normalized spacial score (nSPS) is 32.6. The van der Waals surface area contributed by atoms with Crippen molar-refractivity contribution in [3.63, 3.8) is 0 Å². The molecule has 0 amide bonds. The van der Waals surface area contributed by atoms with Crippen LogP contribution in [0.2, 0.25) is 0 Å². The molecule has 1 aromatic carbocycles. The lowest BCUT2D eigenvalue weighted by Gasteiger charge is -2.41. The highest BCUT2D eigenvalue weighted by Gasteiger charge is 2.34. The smallest absolute Gasteiger partial charge is 0.123 e. The van der Waals surface area contributed by atoms with Crippen LogP contribution in [-0.2, 0) is 0 Å². The largest absolute Gasteiger partial charge is 0.207 e. The van der Waals surface area contributed by atoms with Gasteiger partial charge in [-0.2, -0.15) is 0 Å². The summed E-state index contributed by atoms with van der Waals surface area (Å²) >= 11 is 3.87. The molecule has 19 heavy (non-hydrogen) atoms. The summed E-state index contributed by atoms with van der Waals surface area (Å²) in [5.41, 5.74) is 1.24. The van der Waals surface area contributed by atoms with Crippen LogP contribution >= 0.6 is 15.9 Å². The van der Waals surface area contributed by atoms with Crippen molar-refractivity contribution in [2.75, 3.05) is 0 Å². The average molecular weight is 325 g/mol. The first-order chi connectivity index (χ1) is 9.24. The molecule has 0 nitrogen and oxygen atoms in total. The molecule has 1 aromatic rings. The Morgan fingerprint density at radius 2 is 1.63 bits per heavy atom. The fourth-order valence-corrected chi connectivity index (χ4v) is 4.88. The molecule has 3 rings (SSSR count). The molecular weight excluding hydrogens is 303 g/mol. The lowest BCUT2D eigenvalue weighted by Crippen LogP contribution is -2.29. The summed E-state index contributed by atoms with van der Waals surface area (Å²) < 4.78 is 13.0. The van der Waals surface area contributed by atoms with Gasteiger partial charge in [-0.15, -0.1) is 0 Å². The predicted octanol–water partition coefficient (Wildman–Crippen LogP) is 5.87. The highest BCUT2D eigenvalue weighted by Crippen LogP contribution is 2.48. The van der Waals surface area contributed by atoms with Crippen LogP contribution in [0.25, 0.3) is 0 Å². The van der Waals surface area contributed by atoms with Crippen LogP contribution in [0, 0.1) is 23.6 Å². The zero-order valence-corrected chi connectivity index (χ0v) is 12.9. The third-order valence-corrected chi connectivity index (χ3v) is 6.46.